The van der Waals surface area contributed by atoms with Crippen LogP contribution in [-0.2, 0) is 6.42 Å². The Labute approximate surface area is 86.7 Å². The maximum absolute atomic E-state index is 13.6. The number of phenolic OH excluding ortho intramolecular Hbond substituents is 1. The predicted molar refractivity (Wildman–Crippen MR) is 52.9 cm³/mol. The number of rotatable bonds is 3. The van der Waals surface area contributed by atoms with Gasteiger partial charge in [-0.3, -0.25) is 0 Å². The Bertz CT molecular complexity index is 357. The van der Waals surface area contributed by atoms with E-state index in [-0.39, 0.29) is 12.2 Å². The van der Waals surface area contributed by atoms with Crippen LogP contribution >= 0.6 is 0 Å². The van der Waals surface area contributed by atoms with Crippen LogP contribution in [0.5, 0.6) is 5.75 Å². The summed E-state index contributed by atoms with van der Waals surface area (Å²) >= 11 is 0. The normalized spacial score (nSPS) is 18.9. The number of aromatic hydroxyl groups is 1. The largest absolute Gasteiger partial charge is 0.508 e. The number of hydrogen-bond donors (Lipinski definition) is 2. The van der Waals surface area contributed by atoms with Crippen LogP contribution in [-0.4, -0.2) is 16.6 Å². The van der Waals surface area contributed by atoms with Crippen LogP contribution in [0.1, 0.15) is 18.4 Å². The molecule has 1 aliphatic rings. The summed E-state index contributed by atoms with van der Waals surface area (Å²) < 4.78 is 27.2. The van der Waals surface area contributed by atoms with Crippen molar-refractivity contribution in [1.82, 2.24) is 0 Å². The fourth-order valence-corrected chi connectivity index (χ4v) is 1.55. The molecule has 1 aromatic carbocycles. The molecule has 0 spiro atoms. The molecule has 0 radical (unpaired) electrons. The monoisotopic (exact) mass is 213 g/mol. The minimum atomic E-state index is -2.86. The van der Waals surface area contributed by atoms with Crippen molar-refractivity contribution < 1.29 is 13.9 Å². The molecule has 4 heteroatoms. The van der Waals surface area contributed by atoms with Crippen molar-refractivity contribution in [2.24, 2.45) is 5.73 Å². The van der Waals surface area contributed by atoms with E-state index in [9.17, 15) is 8.78 Å². The summed E-state index contributed by atoms with van der Waals surface area (Å²) in [5.74, 6) is -2.78. The highest BCUT2D eigenvalue weighted by molar-refractivity contribution is 5.28. The fraction of sp³-hybridized carbons (Fsp3) is 0.455. The van der Waals surface area contributed by atoms with E-state index in [1.54, 1.807) is 0 Å². The van der Waals surface area contributed by atoms with Gasteiger partial charge in [-0.2, -0.15) is 0 Å². The van der Waals surface area contributed by atoms with Crippen molar-refractivity contribution in [1.29, 1.82) is 0 Å². The predicted octanol–water partition coefficient (Wildman–Crippen LogP) is 2.06. The topological polar surface area (TPSA) is 46.2 Å². The molecule has 0 saturated heterocycles. The number of hydrogen-bond acceptors (Lipinski definition) is 2. The Kier molecular flexibility index (Phi) is 2.19. The van der Waals surface area contributed by atoms with Gasteiger partial charge >= 0.3 is 0 Å². The molecule has 2 nitrogen and oxygen atoms in total. The van der Waals surface area contributed by atoms with Gasteiger partial charge in [0.05, 0.1) is 5.54 Å². The highest BCUT2D eigenvalue weighted by Gasteiger charge is 2.58. The zero-order chi connectivity index (χ0) is 11.1. The van der Waals surface area contributed by atoms with Crippen LogP contribution in [0, 0.1) is 0 Å². The van der Waals surface area contributed by atoms with Gasteiger partial charge in [0.15, 0.2) is 0 Å². The SMILES string of the molecule is NC1(C(F)(F)Cc2ccc(O)cc2)CC1. The van der Waals surface area contributed by atoms with Crippen molar-refractivity contribution in [3.8, 4) is 5.75 Å². The maximum Gasteiger partial charge on any atom is 0.269 e. The fourth-order valence-electron chi connectivity index (χ4n) is 1.55. The standard InChI is InChI=1S/C11H13F2NO/c12-11(13,10(14)5-6-10)7-8-1-3-9(15)4-2-8/h1-4,15H,5-7,14H2. The zero-order valence-electron chi connectivity index (χ0n) is 8.21. The third-order valence-electron chi connectivity index (χ3n) is 2.88. The number of nitrogens with two attached hydrogens (primary N) is 1. The average Bonchev–Trinajstić information content (AvgIpc) is 2.89. The van der Waals surface area contributed by atoms with E-state index in [0.717, 1.165) is 0 Å². The molecule has 15 heavy (non-hydrogen) atoms. The summed E-state index contributed by atoms with van der Waals surface area (Å²) in [4.78, 5) is 0. The van der Waals surface area contributed by atoms with E-state index in [0.29, 0.717) is 18.4 Å². The molecule has 2 rings (SSSR count). The minimum absolute atomic E-state index is 0.0796. The van der Waals surface area contributed by atoms with Gasteiger partial charge in [-0.25, -0.2) is 8.78 Å². The summed E-state index contributed by atoms with van der Waals surface area (Å²) in [6, 6.07) is 5.80. The summed E-state index contributed by atoms with van der Waals surface area (Å²) in [6.45, 7) is 0. The van der Waals surface area contributed by atoms with Crippen LogP contribution in [0.25, 0.3) is 0 Å². The lowest BCUT2D eigenvalue weighted by Gasteiger charge is -2.23. The van der Waals surface area contributed by atoms with Crippen molar-refractivity contribution in [3.63, 3.8) is 0 Å². The average molecular weight is 213 g/mol. The Morgan fingerprint density at radius 3 is 2.27 bits per heavy atom. The third kappa shape index (κ3) is 1.95. The van der Waals surface area contributed by atoms with E-state index in [2.05, 4.69) is 0 Å². The van der Waals surface area contributed by atoms with Gasteiger partial charge in [-0.1, -0.05) is 12.1 Å². The van der Waals surface area contributed by atoms with Crippen molar-refractivity contribution >= 4 is 0 Å². The van der Waals surface area contributed by atoms with Gasteiger partial charge in [0.1, 0.15) is 5.75 Å². The molecule has 0 bridgehead atoms. The quantitative estimate of drug-likeness (QED) is 0.807. The Morgan fingerprint density at radius 1 is 1.27 bits per heavy atom. The van der Waals surface area contributed by atoms with Gasteiger partial charge < -0.3 is 10.8 Å². The molecule has 0 atom stereocenters. The Hall–Kier alpha value is -1.16. The molecule has 0 heterocycles. The van der Waals surface area contributed by atoms with Gasteiger partial charge in [0.2, 0.25) is 0 Å². The second-order valence-corrected chi connectivity index (χ2v) is 4.20. The number of halogens is 2. The summed E-state index contributed by atoms with van der Waals surface area (Å²) in [6.07, 6.45) is 0.417. The second kappa shape index (κ2) is 3.17. The van der Waals surface area contributed by atoms with Crippen LogP contribution < -0.4 is 5.73 Å². The first-order valence-electron chi connectivity index (χ1n) is 4.88. The molecular formula is C11H13F2NO. The maximum atomic E-state index is 13.6. The molecular weight excluding hydrogens is 200 g/mol. The summed E-state index contributed by atoms with van der Waals surface area (Å²) in [5.41, 5.74) is 4.70. The zero-order valence-corrected chi connectivity index (χ0v) is 8.21. The Balaban J connectivity index is 2.11. The van der Waals surface area contributed by atoms with Crippen LogP contribution in [0.2, 0.25) is 0 Å². The molecule has 0 amide bonds. The molecule has 0 aliphatic heterocycles. The lowest BCUT2D eigenvalue weighted by Crippen LogP contribution is -2.45. The summed E-state index contributed by atoms with van der Waals surface area (Å²) in [5, 5.41) is 9.02. The first-order chi connectivity index (χ1) is 6.93. The molecule has 1 aromatic rings. The smallest absolute Gasteiger partial charge is 0.269 e. The molecule has 0 unspecified atom stereocenters. The van der Waals surface area contributed by atoms with Crippen LogP contribution in [0.15, 0.2) is 24.3 Å². The molecule has 1 fully saturated rings. The van der Waals surface area contributed by atoms with E-state index in [1.807, 2.05) is 0 Å². The highest BCUT2D eigenvalue weighted by Crippen LogP contribution is 2.47. The highest BCUT2D eigenvalue weighted by atomic mass is 19.3. The van der Waals surface area contributed by atoms with Crippen molar-refractivity contribution in [2.45, 2.75) is 30.7 Å². The van der Waals surface area contributed by atoms with Crippen LogP contribution in [0.3, 0.4) is 0 Å². The van der Waals surface area contributed by atoms with Crippen molar-refractivity contribution in [2.75, 3.05) is 0 Å². The van der Waals surface area contributed by atoms with E-state index in [4.69, 9.17) is 10.8 Å². The number of phenols is 1. The second-order valence-electron chi connectivity index (χ2n) is 4.20. The van der Waals surface area contributed by atoms with Crippen molar-refractivity contribution in [3.05, 3.63) is 29.8 Å². The first kappa shape index (κ1) is 10.4. The molecule has 82 valence electrons. The van der Waals surface area contributed by atoms with E-state index >= 15 is 0 Å². The molecule has 1 aliphatic carbocycles. The van der Waals surface area contributed by atoms with E-state index in [1.165, 1.54) is 24.3 Å². The lowest BCUT2D eigenvalue weighted by molar-refractivity contribution is -0.0350. The van der Waals surface area contributed by atoms with Gasteiger partial charge in [-0.05, 0) is 30.5 Å². The third-order valence-corrected chi connectivity index (χ3v) is 2.88. The summed E-state index contributed by atoms with van der Waals surface area (Å²) in [7, 11) is 0. The molecule has 1 saturated carbocycles. The minimum Gasteiger partial charge on any atom is -0.508 e. The number of alkyl halides is 2. The molecule has 0 aromatic heterocycles. The van der Waals surface area contributed by atoms with Crippen LogP contribution in [0.4, 0.5) is 8.78 Å². The number of benzene rings is 1. The lowest BCUT2D eigenvalue weighted by atomic mass is 10.00. The van der Waals surface area contributed by atoms with E-state index < -0.39 is 11.5 Å². The Morgan fingerprint density at radius 2 is 1.80 bits per heavy atom. The van der Waals surface area contributed by atoms with Gasteiger partial charge in [-0.15, -0.1) is 0 Å². The first-order valence-corrected chi connectivity index (χ1v) is 4.88. The van der Waals surface area contributed by atoms with Gasteiger partial charge in [0.25, 0.3) is 5.92 Å². The molecule has 3 N–H and O–H groups in total. The van der Waals surface area contributed by atoms with Gasteiger partial charge in [0, 0.05) is 6.42 Å².